The van der Waals surface area contributed by atoms with Crippen molar-refractivity contribution in [3.8, 4) is 5.75 Å². The summed E-state index contributed by atoms with van der Waals surface area (Å²) < 4.78 is 18.9. The lowest BCUT2D eigenvalue weighted by atomic mass is 10.1. The second-order valence-electron chi connectivity index (χ2n) is 5.98. The molecule has 3 rings (SSSR count). The third-order valence-electron chi connectivity index (χ3n) is 4.39. The van der Waals surface area contributed by atoms with Gasteiger partial charge in [-0.15, -0.1) is 0 Å². The van der Waals surface area contributed by atoms with E-state index in [1.54, 1.807) is 0 Å². The lowest BCUT2D eigenvalue weighted by Crippen LogP contribution is -2.48. The summed E-state index contributed by atoms with van der Waals surface area (Å²) in [6.07, 6.45) is 2.77. The summed E-state index contributed by atoms with van der Waals surface area (Å²) in [6, 6.07) is 4.14. The molecule has 2 heterocycles. The Bertz CT molecular complexity index is 469. The van der Waals surface area contributed by atoms with Crippen LogP contribution in [0.25, 0.3) is 0 Å². The van der Waals surface area contributed by atoms with Gasteiger partial charge in [-0.1, -0.05) is 0 Å². The maximum atomic E-state index is 13.2. The molecule has 2 saturated heterocycles. The van der Waals surface area contributed by atoms with E-state index in [1.807, 2.05) is 0 Å². The molecule has 2 aliphatic rings. The molecule has 0 bridgehead atoms. The summed E-state index contributed by atoms with van der Waals surface area (Å²) in [7, 11) is 0. The predicted molar refractivity (Wildman–Crippen MR) is 78.8 cm³/mol. The summed E-state index contributed by atoms with van der Waals surface area (Å²) in [5.74, 6) is -0.113. The van der Waals surface area contributed by atoms with Crippen LogP contribution in [-0.2, 0) is 11.3 Å². The van der Waals surface area contributed by atoms with E-state index in [9.17, 15) is 9.50 Å². The molecule has 2 aliphatic heterocycles. The van der Waals surface area contributed by atoms with E-state index in [-0.39, 0.29) is 11.6 Å². The number of halogens is 1. The Kier molecular flexibility index (Phi) is 4.73. The molecule has 0 amide bonds. The Morgan fingerprint density at radius 1 is 1.19 bits per heavy atom. The van der Waals surface area contributed by atoms with Crippen LogP contribution in [0.3, 0.4) is 0 Å². The first-order valence-corrected chi connectivity index (χ1v) is 7.74. The molecule has 0 spiro atoms. The molecule has 2 fully saturated rings. The van der Waals surface area contributed by atoms with Gasteiger partial charge in [0.1, 0.15) is 11.6 Å². The van der Waals surface area contributed by atoms with Crippen LogP contribution >= 0.6 is 0 Å². The summed E-state index contributed by atoms with van der Waals surface area (Å²) in [5.41, 5.74) is 0.669. The minimum atomic E-state index is -0.292. The highest BCUT2D eigenvalue weighted by Gasteiger charge is 2.23. The molecule has 5 heteroatoms. The average molecular weight is 294 g/mol. The second-order valence-corrected chi connectivity index (χ2v) is 5.98. The summed E-state index contributed by atoms with van der Waals surface area (Å²) in [5, 5.41) is 9.79. The van der Waals surface area contributed by atoms with Gasteiger partial charge in [-0.3, -0.25) is 9.80 Å². The molecule has 0 saturated carbocycles. The van der Waals surface area contributed by atoms with Gasteiger partial charge < -0.3 is 9.84 Å². The van der Waals surface area contributed by atoms with Crippen LogP contribution in [0.15, 0.2) is 18.2 Å². The van der Waals surface area contributed by atoms with Crippen molar-refractivity contribution in [2.45, 2.75) is 25.5 Å². The third kappa shape index (κ3) is 3.93. The summed E-state index contributed by atoms with van der Waals surface area (Å²) in [6.45, 7) is 6.46. The number of nitrogens with zero attached hydrogens (tertiary/aromatic N) is 2. The van der Waals surface area contributed by atoms with E-state index in [2.05, 4.69) is 9.80 Å². The van der Waals surface area contributed by atoms with Crippen molar-refractivity contribution in [1.82, 2.24) is 9.80 Å². The fourth-order valence-electron chi connectivity index (χ4n) is 3.13. The number of piperazine rings is 1. The number of hydrogen-bond donors (Lipinski definition) is 1. The van der Waals surface area contributed by atoms with Gasteiger partial charge >= 0.3 is 0 Å². The molecule has 1 aromatic rings. The molecule has 0 radical (unpaired) electrons. The highest BCUT2D eigenvalue weighted by Crippen LogP contribution is 2.21. The number of rotatable bonds is 4. The van der Waals surface area contributed by atoms with Gasteiger partial charge in [0.2, 0.25) is 0 Å². The van der Waals surface area contributed by atoms with Crippen LogP contribution in [0, 0.1) is 5.82 Å². The SMILES string of the molecule is Oc1ccc(F)cc1CN1CCN(CC2CCCO2)CC1. The van der Waals surface area contributed by atoms with Crippen molar-refractivity contribution in [2.75, 3.05) is 39.3 Å². The molecule has 0 aliphatic carbocycles. The highest BCUT2D eigenvalue weighted by molar-refractivity contribution is 5.32. The lowest BCUT2D eigenvalue weighted by molar-refractivity contribution is 0.0488. The number of phenolic OH excluding ortho intramolecular Hbond substituents is 1. The fraction of sp³-hybridized carbons (Fsp3) is 0.625. The number of phenols is 1. The average Bonchev–Trinajstić information content (AvgIpc) is 2.98. The summed E-state index contributed by atoms with van der Waals surface area (Å²) >= 11 is 0. The van der Waals surface area contributed by atoms with Gasteiger partial charge in [0.05, 0.1) is 6.10 Å². The molecule has 1 unspecified atom stereocenters. The first-order valence-electron chi connectivity index (χ1n) is 7.74. The first kappa shape index (κ1) is 14.8. The van der Waals surface area contributed by atoms with E-state index in [0.29, 0.717) is 18.2 Å². The monoisotopic (exact) mass is 294 g/mol. The van der Waals surface area contributed by atoms with Crippen molar-refractivity contribution in [1.29, 1.82) is 0 Å². The van der Waals surface area contributed by atoms with Crippen LogP contribution < -0.4 is 0 Å². The van der Waals surface area contributed by atoms with Crippen LogP contribution in [0.2, 0.25) is 0 Å². The molecular formula is C16H23FN2O2. The van der Waals surface area contributed by atoms with E-state index < -0.39 is 0 Å². The van der Waals surface area contributed by atoms with Gasteiger partial charge in [0.25, 0.3) is 0 Å². The number of hydrogen-bond acceptors (Lipinski definition) is 4. The molecule has 1 aromatic carbocycles. The van der Waals surface area contributed by atoms with Crippen molar-refractivity contribution in [3.05, 3.63) is 29.6 Å². The fourth-order valence-corrected chi connectivity index (χ4v) is 3.13. The van der Waals surface area contributed by atoms with E-state index in [0.717, 1.165) is 39.3 Å². The number of benzene rings is 1. The molecule has 21 heavy (non-hydrogen) atoms. The van der Waals surface area contributed by atoms with E-state index >= 15 is 0 Å². The van der Waals surface area contributed by atoms with Gasteiger partial charge in [0, 0.05) is 51.4 Å². The van der Waals surface area contributed by atoms with Crippen molar-refractivity contribution in [3.63, 3.8) is 0 Å². The normalized spacial score (nSPS) is 24.5. The highest BCUT2D eigenvalue weighted by atomic mass is 19.1. The quantitative estimate of drug-likeness (QED) is 0.919. The Hall–Kier alpha value is -1.17. The van der Waals surface area contributed by atoms with Gasteiger partial charge in [0.15, 0.2) is 0 Å². The second kappa shape index (κ2) is 6.73. The first-order chi connectivity index (χ1) is 10.2. The molecule has 4 nitrogen and oxygen atoms in total. The standard InChI is InChI=1S/C16H23FN2O2/c17-14-3-4-16(20)13(10-14)11-18-5-7-19(8-6-18)12-15-2-1-9-21-15/h3-4,10,15,20H,1-2,5-9,11-12H2. The van der Waals surface area contributed by atoms with Crippen molar-refractivity contribution >= 4 is 0 Å². The van der Waals surface area contributed by atoms with Crippen LogP contribution in [-0.4, -0.2) is 60.3 Å². The smallest absolute Gasteiger partial charge is 0.123 e. The zero-order valence-corrected chi connectivity index (χ0v) is 12.3. The molecule has 1 atom stereocenters. The van der Waals surface area contributed by atoms with Crippen molar-refractivity contribution in [2.24, 2.45) is 0 Å². The van der Waals surface area contributed by atoms with Gasteiger partial charge in [-0.2, -0.15) is 0 Å². The molecule has 116 valence electrons. The Morgan fingerprint density at radius 3 is 2.67 bits per heavy atom. The molecule has 1 N–H and O–H groups in total. The van der Waals surface area contributed by atoms with Gasteiger partial charge in [-0.25, -0.2) is 4.39 Å². The predicted octanol–water partition coefficient (Wildman–Crippen LogP) is 1.83. The zero-order valence-electron chi connectivity index (χ0n) is 12.3. The van der Waals surface area contributed by atoms with Crippen LogP contribution in [0.1, 0.15) is 18.4 Å². The van der Waals surface area contributed by atoms with E-state index in [1.165, 1.54) is 31.0 Å². The van der Waals surface area contributed by atoms with Crippen molar-refractivity contribution < 1.29 is 14.2 Å². The minimum Gasteiger partial charge on any atom is -0.508 e. The Labute approximate surface area is 125 Å². The zero-order chi connectivity index (χ0) is 14.7. The van der Waals surface area contributed by atoms with Crippen LogP contribution in [0.4, 0.5) is 4.39 Å². The topological polar surface area (TPSA) is 35.9 Å². The number of aromatic hydroxyl groups is 1. The van der Waals surface area contributed by atoms with Crippen LogP contribution in [0.5, 0.6) is 5.75 Å². The maximum Gasteiger partial charge on any atom is 0.123 e. The van der Waals surface area contributed by atoms with E-state index in [4.69, 9.17) is 4.74 Å². The Balaban J connectivity index is 1.48. The minimum absolute atomic E-state index is 0.179. The molecular weight excluding hydrogens is 271 g/mol. The number of ether oxygens (including phenoxy) is 1. The summed E-state index contributed by atoms with van der Waals surface area (Å²) in [4.78, 5) is 4.71. The maximum absolute atomic E-state index is 13.2. The largest absolute Gasteiger partial charge is 0.508 e. The Morgan fingerprint density at radius 2 is 1.95 bits per heavy atom. The lowest BCUT2D eigenvalue weighted by Gasteiger charge is -2.35. The van der Waals surface area contributed by atoms with Gasteiger partial charge in [-0.05, 0) is 31.0 Å². The molecule has 0 aromatic heterocycles. The third-order valence-corrected chi connectivity index (χ3v) is 4.39.